The van der Waals surface area contributed by atoms with Crippen LogP contribution in [-0.4, -0.2) is 44.2 Å². The average Bonchev–Trinajstić information content (AvgIpc) is 3.26. The molecule has 2 heterocycles. The third-order valence-corrected chi connectivity index (χ3v) is 6.82. The number of hydrogen-bond donors (Lipinski definition) is 2. The van der Waals surface area contributed by atoms with Crippen molar-refractivity contribution < 1.29 is 27.2 Å². The van der Waals surface area contributed by atoms with Gasteiger partial charge in [-0.05, 0) is 50.1 Å². The Hall–Kier alpha value is -2.85. The van der Waals surface area contributed by atoms with Crippen LogP contribution >= 0.6 is 0 Å². The molecule has 29 heavy (non-hydrogen) atoms. The number of hydrazine groups is 1. The Kier molecular flexibility index (Phi) is 6.23. The number of methoxy groups -OCH3 is 1. The highest BCUT2D eigenvalue weighted by atomic mass is 32.2. The zero-order valence-electron chi connectivity index (χ0n) is 16.2. The van der Waals surface area contributed by atoms with Gasteiger partial charge in [0.1, 0.15) is 10.6 Å². The second-order valence-corrected chi connectivity index (χ2v) is 8.57. The molecule has 1 aliphatic rings. The van der Waals surface area contributed by atoms with Crippen LogP contribution in [0.15, 0.2) is 45.9 Å². The average molecular weight is 421 g/mol. The summed E-state index contributed by atoms with van der Waals surface area (Å²) in [4.78, 5) is 24.2. The second-order valence-electron chi connectivity index (χ2n) is 6.71. The van der Waals surface area contributed by atoms with Gasteiger partial charge < -0.3 is 9.15 Å². The normalized spacial score (nSPS) is 17.5. The number of sulfonamides is 1. The Labute approximate surface area is 169 Å². The predicted molar refractivity (Wildman–Crippen MR) is 104 cm³/mol. The number of carbonyl (C=O) groups excluding carboxylic acids is 2. The third-order valence-electron chi connectivity index (χ3n) is 4.79. The minimum absolute atomic E-state index is 0.0300. The fourth-order valence-corrected chi connectivity index (χ4v) is 5.11. The molecular weight excluding hydrogens is 398 g/mol. The van der Waals surface area contributed by atoms with E-state index in [0.29, 0.717) is 6.54 Å². The number of nitrogens with one attached hydrogen (secondary N) is 2. The summed E-state index contributed by atoms with van der Waals surface area (Å²) in [5, 5.41) is 0. The largest absolute Gasteiger partial charge is 0.495 e. The van der Waals surface area contributed by atoms with Crippen molar-refractivity contribution in [1.29, 1.82) is 0 Å². The van der Waals surface area contributed by atoms with Crippen molar-refractivity contribution in [3.05, 3.63) is 47.9 Å². The minimum Gasteiger partial charge on any atom is -0.495 e. The fraction of sp³-hybridized carbons (Fsp3) is 0.368. The maximum atomic E-state index is 13.2. The number of benzene rings is 1. The Morgan fingerprint density at radius 1 is 1.17 bits per heavy atom. The fourth-order valence-electron chi connectivity index (χ4n) is 3.23. The summed E-state index contributed by atoms with van der Waals surface area (Å²) < 4.78 is 38.0. The molecule has 1 fully saturated rings. The summed E-state index contributed by atoms with van der Waals surface area (Å²) >= 11 is 0. The summed E-state index contributed by atoms with van der Waals surface area (Å²) in [5.41, 5.74) is 4.52. The summed E-state index contributed by atoms with van der Waals surface area (Å²) in [7, 11) is -2.48. The van der Waals surface area contributed by atoms with Gasteiger partial charge in [0.05, 0.1) is 13.4 Å². The molecule has 1 saturated heterocycles. The summed E-state index contributed by atoms with van der Waals surface area (Å²) in [6, 6.07) is 6.95. The van der Waals surface area contributed by atoms with Crippen LogP contribution in [0.5, 0.6) is 5.75 Å². The first-order valence-corrected chi connectivity index (χ1v) is 10.6. The highest BCUT2D eigenvalue weighted by molar-refractivity contribution is 7.89. The lowest BCUT2D eigenvalue weighted by molar-refractivity contribution is 0.0830. The molecule has 2 N–H and O–H groups in total. The van der Waals surface area contributed by atoms with Gasteiger partial charge in [-0.1, -0.05) is 6.42 Å². The number of hydrogen-bond acceptors (Lipinski definition) is 6. The van der Waals surface area contributed by atoms with Crippen molar-refractivity contribution in [2.75, 3.05) is 13.7 Å². The van der Waals surface area contributed by atoms with Crippen LogP contribution in [0.4, 0.5) is 0 Å². The monoisotopic (exact) mass is 421 g/mol. The molecular formula is C19H23N3O6S. The molecule has 2 aromatic rings. The molecule has 3 rings (SSSR count). The van der Waals surface area contributed by atoms with Crippen molar-refractivity contribution in [3.63, 3.8) is 0 Å². The predicted octanol–water partition coefficient (Wildman–Crippen LogP) is 1.93. The second kappa shape index (κ2) is 8.66. The van der Waals surface area contributed by atoms with Crippen molar-refractivity contribution in [2.24, 2.45) is 0 Å². The van der Waals surface area contributed by atoms with Gasteiger partial charge in [-0.25, -0.2) is 8.42 Å². The van der Waals surface area contributed by atoms with Crippen LogP contribution in [0.25, 0.3) is 0 Å². The van der Waals surface area contributed by atoms with Crippen LogP contribution in [0.2, 0.25) is 0 Å². The summed E-state index contributed by atoms with van der Waals surface area (Å²) in [6.45, 7) is 2.28. The van der Waals surface area contributed by atoms with Crippen LogP contribution in [0.3, 0.4) is 0 Å². The first-order valence-electron chi connectivity index (χ1n) is 9.18. The first kappa shape index (κ1) is 20.9. The lowest BCUT2D eigenvalue weighted by atomic mass is 10.1. The molecule has 1 atom stereocenters. The molecule has 0 aliphatic carbocycles. The van der Waals surface area contributed by atoms with E-state index in [0.717, 1.165) is 19.3 Å². The van der Waals surface area contributed by atoms with Crippen LogP contribution in [-0.2, 0) is 10.0 Å². The Morgan fingerprint density at radius 3 is 2.59 bits per heavy atom. The Balaban J connectivity index is 1.82. The van der Waals surface area contributed by atoms with E-state index in [1.54, 1.807) is 6.07 Å². The molecule has 9 nitrogen and oxygen atoms in total. The molecule has 0 saturated carbocycles. The highest BCUT2D eigenvalue weighted by Crippen LogP contribution is 2.31. The van der Waals surface area contributed by atoms with E-state index >= 15 is 0 Å². The zero-order chi connectivity index (χ0) is 21.0. The van der Waals surface area contributed by atoms with Gasteiger partial charge in [-0.2, -0.15) is 4.31 Å². The number of nitrogens with zero attached hydrogens (tertiary/aromatic N) is 1. The lowest BCUT2D eigenvalue weighted by Gasteiger charge is -2.32. The Morgan fingerprint density at radius 2 is 1.93 bits per heavy atom. The van der Waals surface area contributed by atoms with Crippen molar-refractivity contribution in [3.8, 4) is 5.75 Å². The van der Waals surface area contributed by atoms with Gasteiger partial charge in [-0.3, -0.25) is 20.4 Å². The highest BCUT2D eigenvalue weighted by Gasteiger charge is 2.33. The number of amides is 2. The van der Waals surface area contributed by atoms with Crippen LogP contribution in [0, 0.1) is 0 Å². The van der Waals surface area contributed by atoms with Crippen LogP contribution < -0.4 is 15.6 Å². The molecule has 2 amide bonds. The zero-order valence-corrected chi connectivity index (χ0v) is 17.0. The SMILES string of the molecule is COc1ccc(C(=O)NNC(=O)c2ccco2)cc1S(=O)(=O)N1CCCC[C@@H]1C. The third kappa shape index (κ3) is 4.43. The van der Waals surface area contributed by atoms with Crippen molar-refractivity contribution in [1.82, 2.24) is 15.2 Å². The minimum atomic E-state index is -3.85. The number of furan rings is 1. The van der Waals surface area contributed by atoms with Gasteiger partial charge in [-0.15, -0.1) is 0 Å². The summed E-state index contributed by atoms with van der Waals surface area (Å²) in [6.07, 6.45) is 3.87. The van der Waals surface area contributed by atoms with Gasteiger partial charge in [0.2, 0.25) is 10.0 Å². The van der Waals surface area contributed by atoms with Gasteiger partial charge in [0.15, 0.2) is 5.76 Å². The van der Waals surface area contributed by atoms with E-state index < -0.39 is 21.8 Å². The van der Waals surface area contributed by atoms with Crippen LogP contribution in [0.1, 0.15) is 47.1 Å². The molecule has 0 spiro atoms. The first-order chi connectivity index (χ1) is 13.8. The number of carbonyl (C=O) groups is 2. The standard InChI is InChI=1S/C19H23N3O6S/c1-13-6-3-4-10-22(13)29(25,26)17-12-14(8-9-15(17)27-2)18(23)20-21-19(24)16-7-5-11-28-16/h5,7-9,11-13H,3-4,6,10H2,1-2H3,(H,20,23)(H,21,24)/t13-/m0/s1. The number of piperidine rings is 1. The quantitative estimate of drug-likeness (QED) is 0.712. The summed E-state index contributed by atoms with van der Waals surface area (Å²) in [5.74, 6) is -1.12. The molecule has 1 aliphatic heterocycles. The lowest BCUT2D eigenvalue weighted by Crippen LogP contribution is -2.42. The molecule has 0 unspecified atom stereocenters. The number of ether oxygens (including phenoxy) is 1. The molecule has 0 bridgehead atoms. The van der Waals surface area contributed by atoms with E-state index in [1.165, 1.54) is 41.9 Å². The van der Waals surface area contributed by atoms with Crippen molar-refractivity contribution in [2.45, 2.75) is 37.1 Å². The van der Waals surface area contributed by atoms with Gasteiger partial charge >= 0.3 is 5.91 Å². The van der Waals surface area contributed by atoms with E-state index in [-0.39, 0.29) is 28.0 Å². The topological polar surface area (TPSA) is 118 Å². The molecule has 10 heteroatoms. The van der Waals surface area contributed by atoms with Crippen molar-refractivity contribution >= 4 is 21.8 Å². The maximum absolute atomic E-state index is 13.2. The maximum Gasteiger partial charge on any atom is 0.305 e. The van der Waals surface area contributed by atoms with E-state index in [2.05, 4.69) is 10.9 Å². The van der Waals surface area contributed by atoms with E-state index in [9.17, 15) is 18.0 Å². The van der Waals surface area contributed by atoms with E-state index in [1.807, 2.05) is 6.92 Å². The van der Waals surface area contributed by atoms with Gasteiger partial charge in [0.25, 0.3) is 5.91 Å². The van der Waals surface area contributed by atoms with Gasteiger partial charge in [0, 0.05) is 18.2 Å². The Bertz CT molecular complexity index is 987. The molecule has 0 radical (unpaired) electrons. The molecule has 1 aromatic carbocycles. The molecule has 1 aromatic heterocycles. The van der Waals surface area contributed by atoms with E-state index in [4.69, 9.17) is 9.15 Å². The smallest absolute Gasteiger partial charge is 0.305 e. The number of rotatable bonds is 5. The molecule has 156 valence electrons.